The zero-order valence-corrected chi connectivity index (χ0v) is 17.3. The van der Waals surface area contributed by atoms with Crippen LogP contribution in [0.15, 0.2) is 77.7 Å². The molecule has 0 radical (unpaired) electrons. The molecule has 4 rings (SSSR count). The predicted molar refractivity (Wildman–Crippen MR) is 117 cm³/mol. The Labute approximate surface area is 179 Å². The van der Waals surface area contributed by atoms with Crippen molar-refractivity contribution < 1.29 is 19.4 Å². The van der Waals surface area contributed by atoms with Crippen molar-refractivity contribution in [1.82, 2.24) is 0 Å². The van der Waals surface area contributed by atoms with E-state index in [4.69, 9.17) is 9.84 Å². The number of rotatable bonds is 6. The van der Waals surface area contributed by atoms with Gasteiger partial charge in [0.2, 0.25) is 5.91 Å². The van der Waals surface area contributed by atoms with Gasteiger partial charge in [0.1, 0.15) is 5.75 Å². The lowest BCUT2D eigenvalue weighted by Crippen LogP contribution is -2.41. The summed E-state index contributed by atoms with van der Waals surface area (Å²) in [6.07, 6.45) is 0.528. The van der Waals surface area contributed by atoms with Crippen LogP contribution in [0.5, 0.6) is 5.75 Å². The number of ether oxygens (including phenoxy) is 1. The molecule has 0 aliphatic carbocycles. The molecular formula is C24H21NO4S. The van der Waals surface area contributed by atoms with Gasteiger partial charge in [-0.2, -0.15) is 0 Å². The summed E-state index contributed by atoms with van der Waals surface area (Å²) >= 11 is 1.56. The number of para-hydroxylation sites is 2. The molecule has 0 fully saturated rings. The third-order valence-electron chi connectivity index (χ3n) is 5.11. The molecule has 0 bridgehead atoms. The van der Waals surface area contributed by atoms with Crippen molar-refractivity contribution in [2.24, 2.45) is 0 Å². The Bertz CT molecular complexity index is 1080. The lowest BCUT2D eigenvalue weighted by molar-refractivity contribution is -0.118. The third-order valence-corrected chi connectivity index (χ3v) is 6.36. The van der Waals surface area contributed by atoms with Crippen molar-refractivity contribution >= 4 is 29.3 Å². The smallest absolute Gasteiger partial charge is 0.335 e. The average Bonchev–Trinajstić information content (AvgIpc) is 2.77. The third kappa shape index (κ3) is 4.04. The van der Waals surface area contributed by atoms with Crippen LogP contribution < -0.4 is 9.64 Å². The highest BCUT2D eigenvalue weighted by Crippen LogP contribution is 2.41. The second-order valence-electron chi connectivity index (χ2n) is 7.02. The Balaban J connectivity index is 1.63. The van der Waals surface area contributed by atoms with Gasteiger partial charge >= 0.3 is 5.97 Å². The van der Waals surface area contributed by atoms with Crippen LogP contribution in [0.25, 0.3) is 0 Å². The van der Waals surface area contributed by atoms with Gasteiger partial charge in [0, 0.05) is 10.5 Å². The van der Waals surface area contributed by atoms with E-state index < -0.39 is 5.97 Å². The van der Waals surface area contributed by atoms with Crippen LogP contribution in [-0.2, 0) is 17.8 Å². The number of amides is 1. The van der Waals surface area contributed by atoms with Gasteiger partial charge in [0.05, 0.1) is 30.2 Å². The van der Waals surface area contributed by atoms with E-state index in [1.165, 1.54) is 0 Å². The highest BCUT2D eigenvalue weighted by Gasteiger charge is 2.33. The van der Waals surface area contributed by atoms with Gasteiger partial charge < -0.3 is 14.7 Å². The number of methoxy groups -OCH3 is 1. The molecule has 152 valence electrons. The van der Waals surface area contributed by atoms with Gasteiger partial charge in [-0.25, -0.2) is 4.79 Å². The van der Waals surface area contributed by atoms with Gasteiger partial charge in [-0.05, 0) is 42.3 Å². The second kappa shape index (κ2) is 8.63. The van der Waals surface area contributed by atoms with E-state index in [0.717, 1.165) is 27.5 Å². The Morgan fingerprint density at radius 2 is 1.73 bits per heavy atom. The number of hydrogen-bond donors (Lipinski definition) is 1. The summed E-state index contributed by atoms with van der Waals surface area (Å²) in [6, 6.07) is 22.3. The Kier molecular flexibility index (Phi) is 5.77. The first-order valence-electron chi connectivity index (χ1n) is 9.58. The van der Waals surface area contributed by atoms with E-state index in [0.29, 0.717) is 13.0 Å². The van der Waals surface area contributed by atoms with Gasteiger partial charge in [-0.3, -0.25) is 4.79 Å². The molecule has 1 unspecified atom stereocenters. The summed E-state index contributed by atoms with van der Waals surface area (Å²) in [6.45, 7) is 0.425. The van der Waals surface area contributed by atoms with E-state index in [2.05, 4.69) is 0 Å². The van der Waals surface area contributed by atoms with Crippen LogP contribution in [-0.4, -0.2) is 29.3 Å². The average molecular weight is 420 g/mol. The minimum atomic E-state index is -0.957. The molecule has 0 aromatic heterocycles. The zero-order chi connectivity index (χ0) is 21.1. The molecule has 1 amide bonds. The van der Waals surface area contributed by atoms with Crippen molar-refractivity contribution in [2.75, 3.05) is 12.0 Å². The fourth-order valence-corrected chi connectivity index (χ4v) is 4.84. The zero-order valence-electron chi connectivity index (χ0n) is 16.4. The summed E-state index contributed by atoms with van der Waals surface area (Å²) in [5, 5.41) is 8.80. The van der Waals surface area contributed by atoms with Crippen LogP contribution >= 0.6 is 11.8 Å². The van der Waals surface area contributed by atoms with Crippen LogP contribution in [0, 0.1) is 0 Å². The van der Waals surface area contributed by atoms with Gasteiger partial charge in [0.25, 0.3) is 0 Å². The van der Waals surface area contributed by atoms with E-state index in [1.807, 2.05) is 53.4 Å². The fourth-order valence-electron chi connectivity index (χ4n) is 3.57. The van der Waals surface area contributed by atoms with E-state index in [9.17, 15) is 9.59 Å². The molecule has 0 saturated heterocycles. The highest BCUT2D eigenvalue weighted by molar-refractivity contribution is 8.01. The highest BCUT2D eigenvalue weighted by atomic mass is 32.2. The number of anilines is 1. The molecule has 1 aliphatic heterocycles. The fraction of sp³-hybridized carbons (Fsp3) is 0.167. The molecule has 3 aromatic carbocycles. The molecule has 5 nitrogen and oxygen atoms in total. The Morgan fingerprint density at radius 1 is 1.03 bits per heavy atom. The van der Waals surface area contributed by atoms with Crippen LogP contribution in [0.2, 0.25) is 0 Å². The first kappa shape index (κ1) is 20.0. The maximum atomic E-state index is 13.4. The van der Waals surface area contributed by atoms with Crippen molar-refractivity contribution in [3.8, 4) is 5.75 Å². The molecule has 1 N–H and O–H groups in total. The topological polar surface area (TPSA) is 66.8 Å². The Morgan fingerprint density at radius 3 is 2.47 bits per heavy atom. The molecule has 6 heteroatoms. The summed E-state index contributed by atoms with van der Waals surface area (Å²) in [5.74, 6) is -0.171. The molecule has 1 heterocycles. The summed E-state index contributed by atoms with van der Waals surface area (Å²) < 4.78 is 5.47. The second-order valence-corrected chi connectivity index (χ2v) is 8.26. The molecule has 30 heavy (non-hydrogen) atoms. The summed E-state index contributed by atoms with van der Waals surface area (Å²) in [7, 11) is 1.63. The van der Waals surface area contributed by atoms with Crippen molar-refractivity contribution in [2.45, 2.75) is 23.1 Å². The first-order valence-corrected chi connectivity index (χ1v) is 10.5. The molecular weight excluding hydrogens is 398 g/mol. The molecule has 1 atom stereocenters. The number of aromatic carboxylic acids is 1. The number of benzene rings is 3. The van der Waals surface area contributed by atoms with Crippen molar-refractivity contribution in [3.63, 3.8) is 0 Å². The van der Waals surface area contributed by atoms with Gasteiger partial charge in [-0.1, -0.05) is 42.5 Å². The number of carboxylic acid groups (broad SMARTS) is 1. The standard InChI is InChI=1S/C24H21NO4S/c1-29-20-8-4-2-6-18(20)15-25-19-7-3-5-9-21(19)30-22(23(25)26)14-16-10-12-17(13-11-16)24(27)28/h2-13,22H,14-15H2,1H3,(H,27,28). The van der Waals surface area contributed by atoms with Crippen molar-refractivity contribution in [3.05, 3.63) is 89.5 Å². The van der Waals surface area contributed by atoms with Crippen LogP contribution in [0.4, 0.5) is 5.69 Å². The van der Waals surface area contributed by atoms with Crippen LogP contribution in [0.1, 0.15) is 21.5 Å². The van der Waals surface area contributed by atoms with Crippen LogP contribution in [0.3, 0.4) is 0 Å². The number of thioether (sulfide) groups is 1. The number of nitrogens with zero attached hydrogens (tertiary/aromatic N) is 1. The minimum absolute atomic E-state index is 0.0342. The quantitative estimate of drug-likeness (QED) is 0.630. The number of carbonyl (C=O) groups excluding carboxylic acids is 1. The lowest BCUT2D eigenvalue weighted by atomic mass is 10.1. The molecule has 0 spiro atoms. The number of fused-ring (bicyclic) bond motifs is 1. The van der Waals surface area contributed by atoms with Gasteiger partial charge in [-0.15, -0.1) is 11.8 Å². The van der Waals surface area contributed by atoms with Gasteiger partial charge in [0.15, 0.2) is 0 Å². The predicted octanol–water partition coefficient (Wildman–Crippen LogP) is 4.64. The normalized spacial score (nSPS) is 15.6. The maximum absolute atomic E-state index is 13.4. The lowest BCUT2D eigenvalue weighted by Gasteiger charge is -2.34. The molecule has 3 aromatic rings. The number of carboxylic acids is 1. The summed E-state index contributed by atoms with van der Waals surface area (Å²) in [5.41, 5.74) is 3.02. The molecule has 1 aliphatic rings. The minimum Gasteiger partial charge on any atom is -0.496 e. The first-order chi connectivity index (χ1) is 14.6. The summed E-state index contributed by atoms with van der Waals surface area (Å²) in [4.78, 5) is 27.4. The van der Waals surface area contributed by atoms with Crippen molar-refractivity contribution in [1.29, 1.82) is 0 Å². The van der Waals surface area contributed by atoms with E-state index in [-0.39, 0.29) is 16.7 Å². The largest absolute Gasteiger partial charge is 0.496 e. The number of carbonyl (C=O) groups is 2. The van der Waals surface area contributed by atoms with E-state index >= 15 is 0 Å². The maximum Gasteiger partial charge on any atom is 0.335 e. The SMILES string of the molecule is COc1ccccc1CN1C(=O)C(Cc2ccc(C(=O)O)cc2)Sc2ccccc21. The van der Waals surface area contributed by atoms with E-state index in [1.54, 1.807) is 43.1 Å². The number of hydrogen-bond acceptors (Lipinski definition) is 4. The molecule has 0 saturated carbocycles. The Hall–Kier alpha value is -3.25. The monoisotopic (exact) mass is 419 g/mol.